The van der Waals surface area contributed by atoms with E-state index in [4.69, 9.17) is 4.42 Å². The maximum Gasteiger partial charge on any atom is 0.254 e. The van der Waals surface area contributed by atoms with Crippen molar-refractivity contribution in [1.29, 1.82) is 0 Å². The molecule has 1 amide bonds. The Morgan fingerprint density at radius 1 is 1.11 bits per heavy atom. The Morgan fingerprint density at radius 2 is 1.89 bits per heavy atom. The van der Waals surface area contributed by atoms with Crippen LogP contribution in [0.2, 0.25) is 0 Å². The third-order valence-corrected chi connectivity index (χ3v) is 4.58. The van der Waals surface area contributed by atoms with Crippen molar-refractivity contribution in [3.63, 3.8) is 0 Å². The van der Waals surface area contributed by atoms with Crippen LogP contribution in [-0.4, -0.2) is 28.6 Å². The Kier molecular flexibility index (Phi) is 6.04. The monoisotopic (exact) mass is 367 g/mol. The molecule has 3 aromatic rings. The molecule has 0 spiro atoms. The van der Waals surface area contributed by atoms with Gasteiger partial charge in [-0.05, 0) is 53.9 Å². The number of benzene rings is 2. The molecule has 4 nitrogen and oxygen atoms in total. The lowest BCUT2D eigenvalue weighted by molar-refractivity contribution is 0.0545. The van der Waals surface area contributed by atoms with E-state index in [9.17, 15) is 14.3 Å². The summed E-state index contributed by atoms with van der Waals surface area (Å²) in [6.07, 6.45) is 2.19. The van der Waals surface area contributed by atoms with Crippen LogP contribution in [0.4, 0.5) is 4.39 Å². The summed E-state index contributed by atoms with van der Waals surface area (Å²) in [6.45, 7) is 2.09. The fourth-order valence-corrected chi connectivity index (χ4v) is 3.02. The molecule has 0 radical (unpaired) electrons. The van der Waals surface area contributed by atoms with Crippen LogP contribution in [0.25, 0.3) is 11.1 Å². The molecule has 0 fully saturated rings. The molecule has 5 heteroatoms. The van der Waals surface area contributed by atoms with Gasteiger partial charge in [-0.2, -0.15) is 0 Å². The predicted molar refractivity (Wildman–Crippen MR) is 102 cm³/mol. The maximum atomic E-state index is 13.4. The molecule has 0 bridgehead atoms. The SMILES string of the molecule is CCC(CO)N(Cc1ccco1)C(=O)c1ccc(-c2cccc(F)c2)cc1. The van der Waals surface area contributed by atoms with Crippen LogP contribution in [0.5, 0.6) is 0 Å². The molecule has 0 saturated heterocycles. The second-order valence-corrected chi connectivity index (χ2v) is 6.34. The first kappa shape index (κ1) is 18.9. The Hall–Kier alpha value is -2.92. The van der Waals surface area contributed by atoms with Crippen molar-refractivity contribution in [3.05, 3.63) is 84.1 Å². The average molecular weight is 367 g/mol. The Balaban J connectivity index is 1.84. The lowest BCUT2D eigenvalue weighted by atomic mass is 10.0. The van der Waals surface area contributed by atoms with Crippen molar-refractivity contribution in [2.24, 2.45) is 0 Å². The molecule has 0 aliphatic heterocycles. The molecule has 0 aliphatic carbocycles. The van der Waals surface area contributed by atoms with E-state index in [1.165, 1.54) is 12.1 Å². The van der Waals surface area contributed by atoms with Gasteiger partial charge >= 0.3 is 0 Å². The maximum absolute atomic E-state index is 13.4. The zero-order chi connectivity index (χ0) is 19.2. The van der Waals surface area contributed by atoms with Gasteiger partial charge in [0.25, 0.3) is 5.91 Å². The number of nitrogens with zero attached hydrogens (tertiary/aromatic N) is 1. The summed E-state index contributed by atoms with van der Waals surface area (Å²) in [5, 5.41) is 9.68. The minimum Gasteiger partial charge on any atom is -0.467 e. The number of aliphatic hydroxyl groups is 1. The summed E-state index contributed by atoms with van der Waals surface area (Å²) in [7, 11) is 0. The lowest BCUT2D eigenvalue weighted by Gasteiger charge is -2.29. The largest absolute Gasteiger partial charge is 0.467 e. The van der Waals surface area contributed by atoms with E-state index in [0.29, 0.717) is 17.7 Å². The first-order valence-corrected chi connectivity index (χ1v) is 8.92. The van der Waals surface area contributed by atoms with E-state index in [1.807, 2.05) is 13.0 Å². The standard InChI is InChI=1S/C22H22FNO3/c1-2-20(15-25)24(14-21-7-4-12-27-21)22(26)17-10-8-16(9-11-17)18-5-3-6-19(23)13-18/h3-13,20,25H,2,14-15H2,1H3. The fourth-order valence-electron chi connectivity index (χ4n) is 3.02. The number of rotatable bonds is 7. The zero-order valence-corrected chi connectivity index (χ0v) is 15.1. The number of hydrogen-bond acceptors (Lipinski definition) is 3. The van der Waals surface area contributed by atoms with Crippen LogP contribution < -0.4 is 0 Å². The second kappa shape index (κ2) is 8.64. The van der Waals surface area contributed by atoms with Gasteiger partial charge in [-0.1, -0.05) is 31.2 Å². The molecule has 1 heterocycles. The third-order valence-electron chi connectivity index (χ3n) is 4.58. The molecule has 1 aromatic heterocycles. The fraction of sp³-hybridized carbons (Fsp3) is 0.227. The van der Waals surface area contributed by atoms with Crippen LogP contribution in [0.3, 0.4) is 0 Å². The molecular weight excluding hydrogens is 345 g/mol. The summed E-state index contributed by atoms with van der Waals surface area (Å²) in [6, 6.07) is 16.6. The van der Waals surface area contributed by atoms with Gasteiger partial charge in [-0.25, -0.2) is 4.39 Å². The smallest absolute Gasteiger partial charge is 0.254 e. The van der Waals surface area contributed by atoms with Gasteiger partial charge in [0, 0.05) is 5.56 Å². The molecular formula is C22H22FNO3. The summed E-state index contributed by atoms with van der Waals surface area (Å²) < 4.78 is 18.8. The van der Waals surface area contributed by atoms with E-state index >= 15 is 0 Å². The van der Waals surface area contributed by atoms with Crippen LogP contribution in [-0.2, 0) is 6.54 Å². The number of furan rings is 1. The Bertz CT molecular complexity index is 871. The lowest BCUT2D eigenvalue weighted by Crippen LogP contribution is -2.41. The van der Waals surface area contributed by atoms with Gasteiger partial charge in [0.2, 0.25) is 0 Å². The highest BCUT2D eigenvalue weighted by Crippen LogP contribution is 2.22. The quantitative estimate of drug-likeness (QED) is 0.669. The normalized spacial score (nSPS) is 12.0. The highest BCUT2D eigenvalue weighted by molar-refractivity contribution is 5.95. The summed E-state index contributed by atoms with van der Waals surface area (Å²) in [5.74, 6) is 0.177. The first-order chi connectivity index (χ1) is 13.1. The molecule has 1 unspecified atom stereocenters. The van der Waals surface area contributed by atoms with Gasteiger partial charge in [0.15, 0.2) is 0 Å². The van der Waals surface area contributed by atoms with Crippen LogP contribution in [0.1, 0.15) is 29.5 Å². The molecule has 0 saturated carbocycles. The van der Waals surface area contributed by atoms with Crippen LogP contribution >= 0.6 is 0 Å². The van der Waals surface area contributed by atoms with E-state index in [0.717, 1.165) is 11.1 Å². The summed E-state index contributed by atoms with van der Waals surface area (Å²) >= 11 is 0. The zero-order valence-electron chi connectivity index (χ0n) is 15.1. The van der Waals surface area contributed by atoms with E-state index in [2.05, 4.69) is 0 Å². The number of aliphatic hydroxyl groups excluding tert-OH is 1. The molecule has 0 aliphatic rings. The third kappa shape index (κ3) is 4.44. The predicted octanol–water partition coefficient (Wildman–Crippen LogP) is 4.50. The van der Waals surface area contributed by atoms with Gasteiger partial charge < -0.3 is 14.4 Å². The number of hydrogen-bond donors (Lipinski definition) is 1. The highest BCUT2D eigenvalue weighted by atomic mass is 19.1. The average Bonchev–Trinajstić information content (AvgIpc) is 3.21. The Labute approximate surface area is 157 Å². The Morgan fingerprint density at radius 3 is 2.48 bits per heavy atom. The minimum atomic E-state index is -0.300. The van der Waals surface area contributed by atoms with E-state index in [-0.39, 0.29) is 30.9 Å². The van der Waals surface area contributed by atoms with Gasteiger partial charge in [-0.15, -0.1) is 0 Å². The second-order valence-electron chi connectivity index (χ2n) is 6.34. The summed E-state index contributed by atoms with van der Waals surface area (Å²) in [4.78, 5) is 14.7. The first-order valence-electron chi connectivity index (χ1n) is 8.92. The molecule has 1 N–H and O–H groups in total. The van der Waals surface area contributed by atoms with Crippen molar-refractivity contribution >= 4 is 5.91 Å². The van der Waals surface area contributed by atoms with Gasteiger partial charge in [0.1, 0.15) is 11.6 Å². The van der Waals surface area contributed by atoms with Crippen molar-refractivity contribution < 1.29 is 18.7 Å². The number of amides is 1. The van der Waals surface area contributed by atoms with Gasteiger partial charge in [0.05, 0.1) is 25.5 Å². The molecule has 1 atom stereocenters. The van der Waals surface area contributed by atoms with Crippen LogP contribution in [0, 0.1) is 5.82 Å². The summed E-state index contributed by atoms with van der Waals surface area (Å²) in [5.41, 5.74) is 2.09. The van der Waals surface area contributed by atoms with Gasteiger partial charge in [-0.3, -0.25) is 4.79 Å². The minimum absolute atomic E-state index is 0.121. The number of halogens is 1. The van der Waals surface area contributed by atoms with Crippen LogP contribution in [0.15, 0.2) is 71.3 Å². The molecule has 2 aromatic carbocycles. The molecule has 3 rings (SSSR count). The van der Waals surface area contributed by atoms with Crippen molar-refractivity contribution in [3.8, 4) is 11.1 Å². The van der Waals surface area contributed by atoms with E-state index < -0.39 is 0 Å². The number of carbonyl (C=O) groups excluding carboxylic acids is 1. The number of carbonyl (C=O) groups is 1. The van der Waals surface area contributed by atoms with E-state index in [1.54, 1.807) is 53.6 Å². The topological polar surface area (TPSA) is 53.7 Å². The molecule has 27 heavy (non-hydrogen) atoms. The molecule has 140 valence electrons. The highest BCUT2D eigenvalue weighted by Gasteiger charge is 2.24. The van der Waals surface area contributed by atoms with Crippen molar-refractivity contribution in [2.45, 2.75) is 25.9 Å². The van der Waals surface area contributed by atoms with Crippen molar-refractivity contribution in [2.75, 3.05) is 6.61 Å². The van der Waals surface area contributed by atoms with Crippen molar-refractivity contribution in [1.82, 2.24) is 4.90 Å².